The summed E-state index contributed by atoms with van der Waals surface area (Å²) in [5, 5.41) is 5.22. The first-order chi connectivity index (χ1) is 11.4. The van der Waals surface area contributed by atoms with Gasteiger partial charge in [0.15, 0.2) is 0 Å². The fourth-order valence-electron chi connectivity index (χ4n) is 2.54. The van der Waals surface area contributed by atoms with E-state index in [0.29, 0.717) is 18.8 Å². The molecule has 8 heteroatoms. The molecule has 1 saturated heterocycles. The average Bonchev–Trinajstić information content (AvgIpc) is 2.56. The lowest BCUT2D eigenvalue weighted by atomic mass is 10.2. The Labute approximate surface area is 142 Å². The van der Waals surface area contributed by atoms with Gasteiger partial charge in [-0.2, -0.15) is 4.31 Å². The van der Waals surface area contributed by atoms with Crippen LogP contribution in [0.25, 0.3) is 0 Å². The van der Waals surface area contributed by atoms with Crippen molar-refractivity contribution in [2.75, 3.05) is 25.0 Å². The van der Waals surface area contributed by atoms with E-state index >= 15 is 0 Å². The molecule has 1 fully saturated rings. The lowest BCUT2D eigenvalue weighted by Crippen LogP contribution is -2.35. The fraction of sp³-hybridized carbons (Fsp3) is 0.500. The Hall–Kier alpha value is -1.93. The highest BCUT2D eigenvalue weighted by Crippen LogP contribution is 2.21. The Morgan fingerprint density at radius 3 is 2.29 bits per heavy atom. The van der Waals surface area contributed by atoms with Crippen LogP contribution in [0.2, 0.25) is 0 Å². The highest BCUT2D eigenvalue weighted by atomic mass is 32.2. The molecule has 1 aromatic carbocycles. The predicted molar refractivity (Wildman–Crippen MR) is 91.0 cm³/mol. The van der Waals surface area contributed by atoms with Crippen LogP contribution in [-0.2, 0) is 19.6 Å². The van der Waals surface area contributed by atoms with Crippen LogP contribution >= 0.6 is 0 Å². The number of nitrogens with one attached hydrogen (secondary N) is 2. The average molecular weight is 353 g/mol. The number of hydrogen-bond donors (Lipinski definition) is 2. The largest absolute Gasteiger partial charge is 0.356 e. The van der Waals surface area contributed by atoms with E-state index in [4.69, 9.17) is 0 Å². The molecule has 1 aromatic rings. The molecule has 1 aliphatic heterocycles. The lowest BCUT2D eigenvalue weighted by Gasteiger charge is -2.25. The van der Waals surface area contributed by atoms with Gasteiger partial charge in [0.25, 0.3) is 0 Å². The van der Waals surface area contributed by atoms with Crippen LogP contribution in [0, 0.1) is 0 Å². The summed E-state index contributed by atoms with van der Waals surface area (Å²) in [7, 11) is -3.46. The molecule has 0 spiro atoms. The second kappa shape index (κ2) is 8.25. The summed E-state index contributed by atoms with van der Waals surface area (Å²) in [4.78, 5) is 22.7. The number of anilines is 1. The number of carbonyl (C=O) groups is 2. The minimum Gasteiger partial charge on any atom is -0.356 e. The Morgan fingerprint density at radius 1 is 1.08 bits per heavy atom. The van der Waals surface area contributed by atoms with Crippen LogP contribution in [0.5, 0.6) is 0 Å². The molecule has 0 bridgehead atoms. The smallest absolute Gasteiger partial charge is 0.243 e. The monoisotopic (exact) mass is 353 g/mol. The van der Waals surface area contributed by atoms with E-state index in [0.717, 1.165) is 19.3 Å². The molecule has 0 atom stereocenters. The van der Waals surface area contributed by atoms with Crippen LogP contribution in [-0.4, -0.2) is 44.2 Å². The van der Waals surface area contributed by atoms with Gasteiger partial charge in [0.2, 0.25) is 21.8 Å². The summed E-state index contributed by atoms with van der Waals surface area (Å²) in [5.41, 5.74) is 0.528. The first-order valence-corrected chi connectivity index (χ1v) is 9.48. The second-order valence-electron chi connectivity index (χ2n) is 5.77. The molecular weight excluding hydrogens is 330 g/mol. The lowest BCUT2D eigenvalue weighted by molar-refractivity contribution is -0.119. The molecule has 0 unspecified atom stereocenters. The SMILES string of the molecule is CC(=O)NCCC(=O)Nc1ccc(S(=O)(=O)N2CCCCC2)cc1. The molecule has 7 nitrogen and oxygen atoms in total. The maximum absolute atomic E-state index is 12.5. The van der Waals surface area contributed by atoms with Gasteiger partial charge in [-0.3, -0.25) is 9.59 Å². The molecule has 0 aliphatic carbocycles. The Balaban J connectivity index is 1.94. The summed E-state index contributed by atoms with van der Waals surface area (Å²) in [6, 6.07) is 6.17. The molecule has 2 N–H and O–H groups in total. The van der Waals surface area contributed by atoms with E-state index < -0.39 is 10.0 Å². The van der Waals surface area contributed by atoms with Crippen LogP contribution in [0.3, 0.4) is 0 Å². The fourth-order valence-corrected chi connectivity index (χ4v) is 4.06. The van der Waals surface area contributed by atoms with Crippen LogP contribution in [0.1, 0.15) is 32.6 Å². The first-order valence-electron chi connectivity index (χ1n) is 8.04. The summed E-state index contributed by atoms with van der Waals surface area (Å²) in [6.07, 6.45) is 3.01. The van der Waals surface area contributed by atoms with Crippen molar-refractivity contribution in [1.82, 2.24) is 9.62 Å². The zero-order valence-corrected chi connectivity index (χ0v) is 14.6. The second-order valence-corrected chi connectivity index (χ2v) is 7.71. The van der Waals surface area contributed by atoms with E-state index in [1.165, 1.54) is 23.4 Å². The van der Waals surface area contributed by atoms with E-state index in [9.17, 15) is 18.0 Å². The predicted octanol–water partition coefficient (Wildman–Crippen LogP) is 1.33. The number of sulfonamides is 1. The summed E-state index contributed by atoms with van der Waals surface area (Å²) >= 11 is 0. The molecule has 0 saturated carbocycles. The zero-order chi connectivity index (χ0) is 17.6. The van der Waals surface area contributed by atoms with Gasteiger partial charge >= 0.3 is 0 Å². The van der Waals surface area contributed by atoms with Gasteiger partial charge in [-0.05, 0) is 37.1 Å². The minimum absolute atomic E-state index is 0.160. The topological polar surface area (TPSA) is 95.6 Å². The zero-order valence-electron chi connectivity index (χ0n) is 13.7. The molecule has 132 valence electrons. The van der Waals surface area contributed by atoms with E-state index in [-0.39, 0.29) is 29.7 Å². The highest BCUT2D eigenvalue weighted by molar-refractivity contribution is 7.89. The van der Waals surface area contributed by atoms with Gasteiger partial charge in [-0.1, -0.05) is 6.42 Å². The maximum atomic E-state index is 12.5. The van der Waals surface area contributed by atoms with Crippen molar-refractivity contribution < 1.29 is 18.0 Å². The molecule has 2 amide bonds. The molecule has 0 radical (unpaired) electrons. The third-order valence-corrected chi connectivity index (χ3v) is 5.73. The first kappa shape index (κ1) is 18.4. The molecule has 2 rings (SSSR count). The third kappa shape index (κ3) is 5.04. The number of amides is 2. The molecule has 1 aliphatic rings. The van der Waals surface area contributed by atoms with Crippen molar-refractivity contribution >= 4 is 27.5 Å². The Morgan fingerprint density at radius 2 is 1.71 bits per heavy atom. The quantitative estimate of drug-likeness (QED) is 0.806. The summed E-state index contributed by atoms with van der Waals surface area (Å²) in [5.74, 6) is -0.426. The van der Waals surface area contributed by atoms with Crippen molar-refractivity contribution in [2.45, 2.75) is 37.5 Å². The summed E-state index contributed by atoms with van der Waals surface area (Å²) < 4.78 is 26.6. The standard InChI is InChI=1S/C16H23N3O4S/c1-13(20)17-10-9-16(21)18-14-5-7-15(8-6-14)24(22,23)19-11-3-2-4-12-19/h5-8H,2-4,9-12H2,1H3,(H,17,20)(H,18,21). The number of piperidine rings is 1. The normalized spacial score (nSPS) is 15.7. The van der Waals surface area contributed by atoms with Crippen molar-refractivity contribution in [3.05, 3.63) is 24.3 Å². The van der Waals surface area contributed by atoms with Crippen molar-refractivity contribution in [1.29, 1.82) is 0 Å². The Bertz CT molecular complexity index is 680. The van der Waals surface area contributed by atoms with Gasteiger partial charge in [0, 0.05) is 38.7 Å². The molecule has 0 aromatic heterocycles. The molecule has 1 heterocycles. The van der Waals surface area contributed by atoms with E-state index in [1.54, 1.807) is 12.1 Å². The van der Waals surface area contributed by atoms with Crippen LogP contribution in [0.15, 0.2) is 29.2 Å². The molecule has 24 heavy (non-hydrogen) atoms. The maximum Gasteiger partial charge on any atom is 0.243 e. The number of carbonyl (C=O) groups excluding carboxylic acids is 2. The van der Waals surface area contributed by atoms with Gasteiger partial charge in [-0.25, -0.2) is 8.42 Å². The number of nitrogens with zero attached hydrogens (tertiary/aromatic N) is 1. The summed E-state index contributed by atoms with van der Waals surface area (Å²) in [6.45, 7) is 2.77. The van der Waals surface area contributed by atoms with Crippen LogP contribution < -0.4 is 10.6 Å². The van der Waals surface area contributed by atoms with E-state index in [2.05, 4.69) is 10.6 Å². The minimum atomic E-state index is -3.46. The van der Waals surface area contributed by atoms with E-state index in [1.807, 2.05) is 0 Å². The van der Waals surface area contributed by atoms with Gasteiger partial charge in [-0.15, -0.1) is 0 Å². The van der Waals surface area contributed by atoms with Gasteiger partial charge in [0.05, 0.1) is 4.90 Å². The van der Waals surface area contributed by atoms with Crippen LogP contribution in [0.4, 0.5) is 5.69 Å². The van der Waals surface area contributed by atoms with Crippen molar-refractivity contribution in [3.63, 3.8) is 0 Å². The van der Waals surface area contributed by atoms with Gasteiger partial charge < -0.3 is 10.6 Å². The highest BCUT2D eigenvalue weighted by Gasteiger charge is 2.25. The number of rotatable bonds is 6. The number of benzene rings is 1. The Kier molecular flexibility index (Phi) is 6.33. The van der Waals surface area contributed by atoms with Crippen molar-refractivity contribution in [2.24, 2.45) is 0 Å². The molecular formula is C16H23N3O4S. The van der Waals surface area contributed by atoms with Crippen molar-refractivity contribution in [3.8, 4) is 0 Å². The third-order valence-electron chi connectivity index (χ3n) is 3.82. The van der Waals surface area contributed by atoms with Gasteiger partial charge in [0.1, 0.15) is 0 Å². The number of hydrogen-bond acceptors (Lipinski definition) is 4.